The summed E-state index contributed by atoms with van der Waals surface area (Å²) in [6, 6.07) is 0. The second-order valence-electron chi connectivity index (χ2n) is 8.58. The summed E-state index contributed by atoms with van der Waals surface area (Å²) in [5, 5.41) is 16.2. The number of hydrogen-bond acceptors (Lipinski definition) is 5. The van der Waals surface area contributed by atoms with E-state index in [1.165, 1.54) is 55.2 Å². The standard InChI is InChI=1S/C19H25N3O4S/c23-15(7-19-4-11-1-12(5-19)3-13(2-11)6-19)20-8-16(24)21-9-17-22-14(10-27-17)18(25)26/h10-13H,1-9H2,(H,20,23)(H,21,24)(H,25,26). The second-order valence-corrected chi connectivity index (χ2v) is 9.52. The number of hydrogen-bond donors (Lipinski definition) is 3. The van der Waals surface area contributed by atoms with E-state index in [9.17, 15) is 14.4 Å². The molecule has 7 nitrogen and oxygen atoms in total. The van der Waals surface area contributed by atoms with Crippen LogP contribution in [0.5, 0.6) is 0 Å². The molecular weight excluding hydrogens is 366 g/mol. The molecule has 5 rings (SSSR count). The highest BCUT2D eigenvalue weighted by Gasteiger charge is 2.51. The SMILES string of the molecule is O=C(CNC(=O)CC12CC3CC(CC(C3)C1)C2)NCc1nc(C(=O)O)cs1. The maximum absolute atomic E-state index is 12.4. The Bertz CT molecular complexity index is 725. The smallest absolute Gasteiger partial charge is 0.355 e. The number of carbonyl (C=O) groups is 3. The number of nitrogens with zero attached hydrogens (tertiary/aromatic N) is 1. The van der Waals surface area contributed by atoms with E-state index >= 15 is 0 Å². The van der Waals surface area contributed by atoms with E-state index in [-0.39, 0.29) is 36.0 Å². The molecule has 4 aliphatic carbocycles. The molecule has 0 spiro atoms. The molecule has 0 unspecified atom stereocenters. The third-order valence-electron chi connectivity index (χ3n) is 6.35. The van der Waals surface area contributed by atoms with Crippen LogP contribution in [0.15, 0.2) is 5.38 Å². The second kappa shape index (κ2) is 7.22. The Kier molecular flexibility index (Phi) is 4.92. The molecule has 146 valence electrons. The monoisotopic (exact) mass is 391 g/mol. The summed E-state index contributed by atoms with van der Waals surface area (Å²) in [4.78, 5) is 39.1. The van der Waals surface area contributed by atoms with Gasteiger partial charge in [-0.15, -0.1) is 11.3 Å². The number of aromatic carboxylic acids is 1. The van der Waals surface area contributed by atoms with Gasteiger partial charge in [-0.1, -0.05) is 0 Å². The Hall–Kier alpha value is -1.96. The van der Waals surface area contributed by atoms with Gasteiger partial charge in [-0.25, -0.2) is 9.78 Å². The molecule has 0 atom stereocenters. The fourth-order valence-electron chi connectivity index (χ4n) is 5.82. The average molecular weight is 391 g/mol. The van der Waals surface area contributed by atoms with Crippen molar-refractivity contribution in [2.24, 2.45) is 23.2 Å². The van der Waals surface area contributed by atoms with Gasteiger partial charge in [0, 0.05) is 11.8 Å². The van der Waals surface area contributed by atoms with Gasteiger partial charge < -0.3 is 15.7 Å². The highest BCUT2D eigenvalue weighted by atomic mass is 32.1. The van der Waals surface area contributed by atoms with Crippen LogP contribution in [0.4, 0.5) is 0 Å². The summed E-state index contributed by atoms with van der Waals surface area (Å²) in [5.74, 6) is 1.01. The Balaban J connectivity index is 1.21. The normalized spacial score (nSPS) is 30.9. The first-order valence-corrected chi connectivity index (χ1v) is 10.5. The molecule has 8 heteroatoms. The molecule has 2 amide bonds. The van der Waals surface area contributed by atoms with Gasteiger partial charge in [0.25, 0.3) is 0 Å². The van der Waals surface area contributed by atoms with Crippen LogP contribution in [-0.4, -0.2) is 34.4 Å². The predicted octanol–water partition coefficient (Wildman–Crippen LogP) is 2.18. The van der Waals surface area contributed by atoms with E-state index in [1.807, 2.05) is 0 Å². The summed E-state index contributed by atoms with van der Waals surface area (Å²) >= 11 is 1.19. The van der Waals surface area contributed by atoms with E-state index < -0.39 is 5.97 Å². The molecule has 4 saturated carbocycles. The lowest BCUT2D eigenvalue weighted by molar-refractivity contribution is -0.131. The molecular formula is C19H25N3O4S. The van der Waals surface area contributed by atoms with Crippen LogP contribution in [0.2, 0.25) is 0 Å². The average Bonchev–Trinajstić information content (AvgIpc) is 3.06. The molecule has 0 aromatic carbocycles. The number of carbonyl (C=O) groups excluding carboxylic acids is 2. The summed E-state index contributed by atoms with van der Waals surface area (Å²) < 4.78 is 0. The van der Waals surface area contributed by atoms with Gasteiger partial charge in [0.15, 0.2) is 5.69 Å². The van der Waals surface area contributed by atoms with Crippen LogP contribution < -0.4 is 10.6 Å². The Morgan fingerprint density at radius 3 is 2.26 bits per heavy atom. The van der Waals surface area contributed by atoms with Crippen LogP contribution in [0, 0.1) is 23.2 Å². The van der Waals surface area contributed by atoms with Crippen molar-refractivity contribution in [3.05, 3.63) is 16.1 Å². The third-order valence-corrected chi connectivity index (χ3v) is 7.20. The molecule has 0 saturated heterocycles. The molecule has 1 heterocycles. The zero-order valence-electron chi connectivity index (χ0n) is 15.2. The molecule has 4 aliphatic rings. The van der Waals surface area contributed by atoms with Gasteiger partial charge in [-0.2, -0.15) is 0 Å². The van der Waals surface area contributed by atoms with Crippen LogP contribution in [-0.2, 0) is 16.1 Å². The minimum atomic E-state index is -1.08. The first kappa shape index (κ1) is 18.4. The van der Waals surface area contributed by atoms with Gasteiger partial charge in [-0.3, -0.25) is 9.59 Å². The minimum Gasteiger partial charge on any atom is -0.476 e. The highest BCUT2D eigenvalue weighted by molar-refractivity contribution is 7.09. The third kappa shape index (κ3) is 4.15. The molecule has 4 bridgehead atoms. The molecule has 1 aromatic heterocycles. The number of thiazole rings is 1. The van der Waals surface area contributed by atoms with Gasteiger partial charge in [0.2, 0.25) is 11.8 Å². The summed E-state index contributed by atoms with van der Waals surface area (Å²) in [6.07, 6.45) is 8.12. The largest absolute Gasteiger partial charge is 0.476 e. The molecule has 0 radical (unpaired) electrons. The fraction of sp³-hybridized carbons (Fsp3) is 0.684. The first-order valence-electron chi connectivity index (χ1n) is 9.62. The van der Waals surface area contributed by atoms with Gasteiger partial charge in [0.1, 0.15) is 5.01 Å². The van der Waals surface area contributed by atoms with Crippen molar-refractivity contribution in [1.82, 2.24) is 15.6 Å². The minimum absolute atomic E-state index is 0.0203. The molecule has 1 aromatic rings. The van der Waals surface area contributed by atoms with E-state index in [2.05, 4.69) is 15.6 Å². The van der Waals surface area contributed by atoms with Gasteiger partial charge in [0.05, 0.1) is 13.1 Å². The van der Waals surface area contributed by atoms with Gasteiger partial charge >= 0.3 is 5.97 Å². The number of rotatable bonds is 7. The Labute approximate surface area is 161 Å². The number of carboxylic acids is 1. The van der Waals surface area contributed by atoms with Crippen molar-refractivity contribution in [3.63, 3.8) is 0 Å². The Morgan fingerprint density at radius 1 is 1.07 bits per heavy atom. The zero-order valence-corrected chi connectivity index (χ0v) is 16.0. The maximum atomic E-state index is 12.4. The van der Waals surface area contributed by atoms with Crippen LogP contribution >= 0.6 is 11.3 Å². The summed E-state index contributed by atoms with van der Waals surface area (Å²) in [6.45, 7) is 0.115. The number of carboxylic acid groups (broad SMARTS) is 1. The maximum Gasteiger partial charge on any atom is 0.355 e. The van der Waals surface area contributed by atoms with Crippen LogP contribution in [0.25, 0.3) is 0 Å². The molecule has 3 N–H and O–H groups in total. The molecule has 27 heavy (non-hydrogen) atoms. The highest BCUT2D eigenvalue weighted by Crippen LogP contribution is 2.61. The van der Waals surface area contributed by atoms with Gasteiger partial charge in [-0.05, 0) is 61.7 Å². The van der Waals surface area contributed by atoms with E-state index in [4.69, 9.17) is 5.11 Å². The van der Waals surface area contributed by atoms with Crippen molar-refractivity contribution >= 4 is 29.1 Å². The van der Waals surface area contributed by atoms with Crippen molar-refractivity contribution in [2.75, 3.05) is 6.54 Å². The quantitative estimate of drug-likeness (QED) is 0.660. The van der Waals surface area contributed by atoms with E-state index in [0.717, 1.165) is 17.8 Å². The predicted molar refractivity (Wildman–Crippen MR) is 99.2 cm³/mol. The van der Waals surface area contributed by atoms with Crippen molar-refractivity contribution in [2.45, 2.75) is 51.5 Å². The van der Waals surface area contributed by atoms with Crippen LogP contribution in [0.1, 0.15) is 60.4 Å². The molecule has 4 fully saturated rings. The van der Waals surface area contributed by atoms with Crippen molar-refractivity contribution in [3.8, 4) is 0 Å². The van der Waals surface area contributed by atoms with E-state index in [1.54, 1.807) is 0 Å². The van der Waals surface area contributed by atoms with E-state index in [0.29, 0.717) is 11.4 Å². The van der Waals surface area contributed by atoms with Crippen LogP contribution in [0.3, 0.4) is 0 Å². The van der Waals surface area contributed by atoms with Crippen molar-refractivity contribution in [1.29, 1.82) is 0 Å². The fourth-order valence-corrected chi connectivity index (χ4v) is 6.52. The lowest BCUT2D eigenvalue weighted by Crippen LogP contribution is -2.48. The molecule has 0 aliphatic heterocycles. The topological polar surface area (TPSA) is 108 Å². The van der Waals surface area contributed by atoms with Crippen molar-refractivity contribution < 1.29 is 19.5 Å². The zero-order chi connectivity index (χ0) is 19.0. The summed E-state index contributed by atoms with van der Waals surface area (Å²) in [5.41, 5.74) is 0.150. The lowest BCUT2D eigenvalue weighted by Gasteiger charge is -2.56. The first-order chi connectivity index (χ1) is 12.9. The number of nitrogens with one attached hydrogen (secondary N) is 2. The lowest BCUT2D eigenvalue weighted by atomic mass is 9.49. The number of aromatic nitrogens is 1. The Morgan fingerprint density at radius 2 is 1.70 bits per heavy atom. The summed E-state index contributed by atoms with van der Waals surface area (Å²) in [7, 11) is 0. The number of amides is 2.